The molecule has 3 heteroatoms. The van der Waals surface area contributed by atoms with Crippen molar-refractivity contribution in [1.29, 1.82) is 0 Å². The van der Waals surface area contributed by atoms with E-state index in [9.17, 15) is 0 Å². The molecule has 4 rings (SSSR count). The normalized spacial score (nSPS) is 13.7. The second-order valence-corrected chi connectivity index (χ2v) is 10.8. The summed E-state index contributed by atoms with van der Waals surface area (Å²) < 4.78 is 0. The van der Waals surface area contributed by atoms with E-state index in [1.165, 1.54) is 55.0 Å². The van der Waals surface area contributed by atoms with Gasteiger partial charge in [-0.1, -0.05) is 106 Å². The molecule has 0 saturated heterocycles. The second kappa shape index (κ2) is 10.1. The Balaban J connectivity index is 0.00000171. The quantitative estimate of drug-likeness (QED) is 0.338. The van der Waals surface area contributed by atoms with Crippen molar-refractivity contribution >= 4 is 17.2 Å². The smallest absolute Gasteiger partial charge is 1.00 e. The Morgan fingerprint density at radius 1 is 0.875 bits per heavy atom. The van der Waals surface area contributed by atoms with Crippen LogP contribution in [0.15, 0.2) is 42.5 Å². The molecular weight excluding hydrogens is 467 g/mol. The monoisotopic (exact) mass is 499 g/mol. The van der Waals surface area contributed by atoms with E-state index < -0.39 is 0 Å². The maximum Gasteiger partial charge on any atom is 3.00 e. The zero-order chi connectivity index (χ0) is 21.1. The van der Waals surface area contributed by atoms with E-state index in [1.54, 1.807) is 0 Å². The van der Waals surface area contributed by atoms with Crippen LogP contribution in [0.2, 0.25) is 0 Å². The van der Waals surface area contributed by atoms with E-state index in [1.807, 2.05) is 0 Å². The Kier molecular flexibility index (Phi) is 9.12. The molecule has 2 aliphatic rings. The van der Waals surface area contributed by atoms with Gasteiger partial charge in [0.05, 0.1) is 0 Å². The Bertz CT molecular complexity index is 1200. The molecule has 0 unspecified atom stereocenters. The van der Waals surface area contributed by atoms with Crippen LogP contribution in [0, 0.1) is 0 Å². The van der Waals surface area contributed by atoms with Crippen LogP contribution < -0.4 is 35.3 Å². The molecule has 0 atom stereocenters. The van der Waals surface area contributed by atoms with Gasteiger partial charge in [0.2, 0.25) is 0 Å². The van der Waals surface area contributed by atoms with Crippen molar-refractivity contribution in [3.63, 3.8) is 0 Å². The molecule has 2 aromatic rings. The number of allylic oxidation sites excluding steroid dienone is 4. The van der Waals surface area contributed by atoms with Gasteiger partial charge in [-0.2, -0.15) is 0 Å². The minimum absolute atomic E-state index is 0. The third-order valence-corrected chi connectivity index (χ3v) is 6.14. The molecule has 0 fully saturated rings. The Morgan fingerprint density at radius 2 is 1.53 bits per heavy atom. The minimum Gasteiger partial charge on any atom is -1.00 e. The largest absolute Gasteiger partial charge is 3.00 e. The second-order valence-electron chi connectivity index (χ2n) is 10.8. The van der Waals surface area contributed by atoms with Crippen LogP contribution in [0.4, 0.5) is 0 Å². The SMILES string of the molecule is CC(C)=c1cc2c(c(C3=CC=CC3)c1C(C)(C)C)=[C-]c1cc(C(C)(C)C)ccc1-2.[Cl-].[Cl-].[Ti+3]. The average Bonchev–Trinajstić information content (AvgIpc) is 3.25. The van der Waals surface area contributed by atoms with Crippen LogP contribution in [-0.2, 0) is 32.5 Å². The van der Waals surface area contributed by atoms with Gasteiger partial charge in [0.1, 0.15) is 0 Å². The summed E-state index contributed by atoms with van der Waals surface area (Å²) in [7, 11) is 0. The molecule has 32 heavy (non-hydrogen) atoms. The number of halogens is 2. The van der Waals surface area contributed by atoms with E-state index in [0.29, 0.717) is 0 Å². The number of benzene rings is 2. The predicted octanol–water partition coefficient (Wildman–Crippen LogP) is 0.507. The molecule has 167 valence electrons. The zero-order valence-electron chi connectivity index (χ0n) is 20.5. The Morgan fingerprint density at radius 3 is 2.03 bits per heavy atom. The molecule has 0 bridgehead atoms. The summed E-state index contributed by atoms with van der Waals surface area (Å²) in [5.41, 5.74) is 11.1. The average molecular weight is 500 g/mol. The van der Waals surface area contributed by atoms with Gasteiger partial charge >= 0.3 is 21.7 Å². The van der Waals surface area contributed by atoms with Gasteiger partial charge in [-0.25, -0.2) is 0 Å². The number of hydrogen-bond donors (Lipinski definition) is 0. The topological polar surface area (TPSA) is 0 Å². The molecule has 0 nitrogen and oxygen atoms in total. The van der Waals surface area contributed by atoms with Crippen LogP contribution in [0.3, 0.4) is 0 Å². The van der Waals surface area contributed by atoms with Gasteiger partial charge in [-0.15, -0.1) is 34.1 Å². The standard InChI is InChI=1S/C29H33.2ClH.Ti/c1-18(2)23-17-24-22-14-13-21(28(3,4)5)15-20(22)16-25(24)26(19-11-9-10-12-19)27(23)29(6,7)8;;;/h9-11,13-15,17H,12H2,1-8H3;2*1H;/q-1;;;+3/p-2. The van der Waals surface area contributed by atoms with Crippen LogP contribution in [-0.4, -0.2) is 0 Å². The van der Waals surface area contributed by atoms with Crippen molar-refractivity contribution in [2.24, 2.45) is 0 Å². The van der Waals surface area contributed by atoms with Crippen LogP contribution >= 0.6 is 0 Å². The summed E-state index contributed by atoms with van der Waals surface area (Å²) in [5, 5.41) is 2.68. The summed E-state index contributed by atoms with van der Waals surface area (Å²) >= 11 is 0. The summed E-state index contributed by atoms with van der Waals surface area (Å²) in [4.78, 5) is 0. The Hall–Kier alpha value is -1.05. The van der Waals surface area contributed by atoms with Gasteiger partial charge in [-0.05, 0) is 36.3 Å². The minimum atomic E-state index is 0. The van der Waals surface area contributed by atoms with Crippen LogP contribution in [0.25, 0.3) is 28.3 Å². The van der Waals surface area contributed by atoms with Crippen molar-refractivity contribution in [1.82, 2.24) is 0 Å². The maximum atomic E-state index is 3.84. The van der Waals surface area contributed by atoms with Crippen LogP contribution in [0.1, 0.15) is 84.1 Å². The summed E-state index contributed by atoms with van der Waals surface area (Å²) in [6.45, 7) is 18.4. The first-order valence-corrected chi connectivity index (χ1v) is 10.8. The van der Waals surface area contributed by atoms with Gasteiger partial charge in [-0.3, -0.25) is 0 Å². The first kappa shape index (κ1) is 29.0. The molecule has 1 radical (unpaired) electrons. The molecule has 2 aromatic carbocycles. The number of fused-ring (bicyclic) bond motifs is 3. The van der Waals surface area contributed by atoms with Gasteiger partial charge < -0.3 is 24.8 Å². The predicted molar refractivity (Wildman–Crippen MR) is 128 cm³/mol. The van der Waals surface area contributed by atoms with E-state index in [2.05, 4.69) is 104 Å². The zero-order valence-corrected chi connectivity index (χ0v) is 23.6. The van der Waals surface area contributed by atoms with Gasteiger partial charge in [0.15, 0.2) is 0 Å². The first-order chi connectivity index (χ1) is 13.5. The van der Waals surface area contributed by atoms with Gasteiger partial charge in [0.25, 0.3) is 0 Å². The van der Waals surface area contributed by atoms with Crippen molar-refractivity contribution in [3.8, 4) is 11.1 Å². The molecule has 0 spiro atoms. The van der Waals surface area contributed by atoms with Crippen molar-refractivity contribution in [3.05, 3.63) is 75.2 Å². The molecular formula is C29H33Cl2Ti. The maximum absolute atomic E-state index is 3.84. The Labute approximate surface area is 221 Å². The van der Waals surface area contributed by atoms with Crippen molar-refractivity contribution < 1.29 is 46.5 Å². The van der Waals surface area contributed by atoms with Gasteiger partial charge in [0, 0.05) is 0 Å². The van der Waals surface area contributed by atoms with Crippen LogP contribution in [0.5, 0.6) is 0 Å². The third kappa shape index (κ3) is 5.05. The molecule has 0 aromatic heterocycles. The van der Waals surface area contributed by atoms with Crippen molar-refractivity contribution in [2.45, 2.75) is 72.6 Å². The van der Waals surface area contributed by atoms with E-state index in [4.69, 9.17) is 0 Å². The van der Waals surface area contributed by atoms with E-state index >= 15 is 0 Å². The molecule has 0 N–H and O–H groups in total. The first-order valence-electron chi connectivity index (χ1n) is 10.8. The summed E-state index contributed by atoms with van der Waals surface area (Å²) in [6, 6.07) is 9.38. The third-order valence-electron chi connectivity index (χ3n) is 6.14. The molecule has 0 aliphatic heterocycles. The fraction of sp³-hybridized carbons (Fsp3) is 0.379. The summed E-state index contributed by atoms with van der Waals surface area (Å²) in [6.07, 6.45) is 11.6. The summed E-state index contributed by atoms with van der Waals surface area (Å²) in [5.74, 6) is 0. The number of rotatable bonds is 1. The molecule has 0 amide bonds. The number of hydrogen-bond acceptors (Lipinski definition) is 0. The van der Waals surface area contributed by atoms with Crippen molar-refractivity contribution in [2.75, 3.05) is 0 Å². The van der Waals surface area contributed by atoms with E-state index in [-0.39, 0.29) is 57.4 Å². The molecule has 0 heterocycles. The van der Waals surface area contributed by atoms with E-state index in [0.717, 1.165) is 6.42 Å². The molecule has 2 aliphatic carbocycles. The fourth-order valence-electron chi connectivity index (χ4n) is 4.64. The fourth-order valence-corrected chi connectivity index (χ4v) is 4.64. The molecule has 0 saturated carbocycles.